The van der Waals surface area contributed by atoms with E-state index in [1.807, 2.05) is 44.2 Å². The first-order valence-electron chi connectivity index (χ1n) is 7.85. The Kier molecular flexibility index (Phi) is 6.10. The molecule has 0 atom stereocenters. The lowest BCUT2D eigenvalue weighted by Gasteiger charge is -2.14. The van der Waals surface area contributed by atoms with Gasteiger partial charge in [0.1, 0.15) is 5.82 Å². The van der Waals surface area contributed by atoms with E-state index in [-0.39, 0.29) is 23.0 Å². The van der Waals surface area contributed by atoms with Crippen LogP contribution < -0.4 is 10.0 Å². The van der Waals surface area contributed by atoms with Gasteiger partial charge in [0.2, 0.25) is 10.0 Å². The average molecular weight is 350 g/mol. The summed E-state index contributed by atoms with van der Waals surface area (Å²) in [5.74, 6) is -0.516. The fourth-order valence-electron chi connectivity index (χ4n) is 2.26. The van der Waals surface area contributed by atoms with Crippen molar-refractivity contribution in [3.63, 3.8) is 0 Å². The van der Waals surface area contributed by atoms with E-state index in [0.717, 1.165) is 5.56 Å². The van der Waals surface area contributed by atoms with Gasteiger partial charge in [0.25, 0.3) is 0 Å². The lowest BCUT2D eigenvalue weighted by molar-refractivity contribution is 0.566. The summed E-state index contributed by atoms with van der Waals surface area (Å²) < 4.78 is 41.8. The van der Waals surface area contributed by atoms with E-state index in [9.17, 15) is 12.8 Å². The summed E-state index contributed by atoms with van der Waals surface area (Å²) in [6.45, 7) is 6.01. The van der Waals surface area contributed by atoms with E-state index in [2.05, 4.69) is 10.0 Å². The molecular weight excluding hydrogens is 327 g/mol. The van der Waals surface area contributed by atoms with Crippen molar-refractivity contribution >= 4 is 10.0 Å². The maximum absolute atomic E-state index is 14.1. The summed E-state index contributed by atoms with van der Waals surface area (Å²) in [6, 6.07) is 12.3. The third kappa shape index (κ3) is 4.87. The van der Waals surface area contributed by atoms with Crippen molar-refractivity contribution in [2.24, 2.45) is 0 Å². The van der Waals surface area contributed by atoms with Crippen LogP contribution in [0.3, 0.4) is 0 Å². The van der Waals surface area contributed by atoms with Gasteiger partial charge in [-0.15, -0.1) is 0 Å². The highest BCUT2D eigenvalue weighted by Crippen LogP contribution is 2.21. The predicted octanol–water partition coefficient (Wildman–Crippen LogP) is 3.11. The van der Waals surface area contributed by atoms with Gasteiger partial charge in [-0.1, -0.05) is 44.2 Å². The minimum Gasteiger partial charge on any atom is -0.310 e. The van der Waals surface area contributed by atoms with Crippen LogP contribution in [-0.2, 0) is 23.1 Å². The molecule has 4 nitrogen and oxygen atoms in total. The van der Waals surface area contributed by atoms with Gasteiger partial charge in [0, 0.05) is 24.7 Å². The minimum absolute atomic E-state index is 0.0148. The van der Waals surface area contributed by atoms with Crippen LogP contribution in [-0.4, -0.2) is 14.5 Å². The molecular formula is C18H23FN2O2S. The molecule has 0 amide bonds. The topological polar surface area (TPSA) is 58.2 Å². The third-order valence-corrected chi connectivity index (χ3v) is 5.20. The molecule has 0 saturated carbocycles. The van der Waals surface area contributed by atoms with Gasteiger partial charge < -0.3 is 5.32 Å². The van der Waals surface area contributed by atoms with Crippen molar-refractivity contribution in [3.05, 3.63) is 65.0 Å². The number of sulfonamides is 1. The summed E-state index contributed by atoms with van der Waals surface area (Å²) >= 11 is 0. The van der Waals surface area contributed by atoms with Crippen LogP contribution in [0.2, 0.25) is 0 Å². The molecule has 0 radical (unpaired) electrons. The van der Waals surface area contributed by atoms with Crippen molar-refractivity contribution < 1.29 is 12.8 Å². The van der Waals surface area contributed by atoms with Gasteiger partial charge in [-0.2, -0.15) is 0 Å². The zero-order valence-corrected chi connectivity index (χ0v) is 15.0. The zero-order chi connectivity index (χ0) is 17.7. The van der Waals surface area contributed by atoms with E-state index < -0.39 is 15.8 Å². The number of hydrogen-bond acceptors (Lipinski definition) is 3. The smallest absolute Gasteiger partial charge is 0.241 e. The van der Waals surface area contributed by atoms with Crippen LogP contribution in [0.5, 0.6) is 0 Å². The Morgan fingerprint density at radius 1 is 1.04 bits per heavy atom. The van der Waals surface area contributed by atoms with Crippen molar-refractivity contribution in [2.45, 2.75) is 44.8 Å². The molecule has 0 heterocycles. The second-order valence-electron chi connectivity index (χ2n) is 6.05. The SMILES string of the molecule is Cc1c(F)cc(CNC(C)C)cc1S(=O)(=O)NCc1ccccc1. The van der Waals surface area contributed by atoms with E-state index in [1.165, 1.54) is 19.1 Å². The maximum atomic E-state index is 14.1. The molecule has 24 heavy (non-hydrogen) atoms. The maximum Gasteiger partial charge on any atom is 0.241 e. The van der Waals surface area contributed by atoms with E-state index >= 15 is 0 Å². The van der Waals surface area contributed by atoms with E-state index in [4.69, 9.17) is 0 Å². The van der Waals surface area contributed by atoms with Gasteiger partial charge in [-0.25, -0.2) is 17.5 Å². The molecule has 0 aliphatic heterocycles. The summed E-state index contributed by atoms with van der Waals surface area (Å²) in [4.78, 5) is -0.0148. The fourth-order valence-corrected chi connectivity index (χ4v) is 3.58. The van der Waals surface area contributed by atoms with Gasteiger partial charge in [-0.05, 0) is 30.2 Å². The summed E-state index contributed by atoms with van der Waals surface area (Å²) in [5.41, 5.74) is 1.58. The number of benzene rings is 2. The van der Waals surface area contributed by atoms with E-state index in [1.54, 1.807) is 0 Å². The highest BCUT2D eigenvalue weighted by atomic mass is 32.2. The molecule has 0 saturated heterocycles. The molecule has 2 aromatic rings. The minimum atomic E-state index is -3.79. The average Bonchev–Trinajstić information content (AvgIpc) is 2.54. The number of hydrogen-bond donors (Lipinski definition) is 2. The predicted molar refractivity (Wildman–Crippen MR) is 93.6 cm³/mol. The monoisotopic (exact) mass is 350 g/mol. The van der Waals surface area contributed by atoms with Crippen molar-refractivity contribution in [1.82, 2.24) is 10.0 Å². The molecule has 0 aromatic heterocycles. The molecule has 0 fully saturated rings. The molecule has 6 heteroatoms. The first-order valence-corrected chi connectivity index (χ1v) is 9.34. The van der Waals surface area contributed by atoms with Crippen LogP contribution in [0.25, 0.3) is 0 Å². The molecule has 0 bridgehead atoms. The van der Waals surface area contributed by atoms with Gasteiger partial charge in [0.05, 0.1) is 4.90 Å². The Morgan fingerprint density at radius 2 is 1.71 bits per heavy atom. The quantitative estimate of drug-likeness (QED) is 0.807. The first-order chi connectivity index (χ1) is 11.3. The van der Waals surface area contributed by atoms with Crippen LogP contribution in [0.15, 0.2) is 47.4 Å². The summed E-state index contributed by atoms with van der Waals surface area (Å²) in [6.07, 6.45) is 0. The molecule has 0 aliphatic rings. The number of nitrogens with one attached hydrogen (secondary N) is 2. The largest absolute Gasteiger partial charge is 0.310 e. The van der Waals surface area contributed by atoms with Gasteiger partial charge in [-0.3, -0.25) is 0 Å². The highest BCUT2D eigenvalue weighted by Gasteiger charge is 2.20. The summed E-state index contributed by atoms with van der Waals surface area (Å²) in [7, 11) is -3.79. The normalized spacial score (nSPS) is 11.9. The van der Waals surface area contributed by atoms with Crippen molar-refractivity contribution in [1.29, 1.82) is 0 Å². The summed E-state index contributed by atoms with van der Waals surface area (Å²) in [5, 5.41) is 3.16. The Labute approximate surface area is 143 Å². The van der Waals surface area contributed by atoms with Crippen molar-refractivity contribution in [2.75, 3.05) is 0 Å². The number of rotatable bonds is 7. The molecule has 2 rings (SSSR count). The second kappa shape index (κ2) is 7.88. The zero-order valence-electron chi connectivity index (χ0n) is 14.1. The second-order valence-corrected chi connectivity index (χ2v) is 7.78. The Morgan fingerprint density at radius 3 is 2.33 bits per heavy atom. The molecule has 0 aliphatic carbocycles. The Bertz CT molecular complexity index is 790. The van der Waals surface area contributed by atoms with Gasteiger partial charge in [0.15, 0.2) is 0 Å². The lowest BCUT2D eigenvalue weighted by atomic mass is 10.1. The van der Waals surface area contributed by atoms with Crippen molar-refractivity contribution in [3.8, 4) is 0 Å². The third-order valence-electron chi connectivity index (χ3n) is 3.67. The first kappa shape index (κ1) is 18.6. The van der Waals surface area contributed by atoms with Crippen LogP contribution in [0.1, 0.15) is 30.5 Å². The molecule has 0 unspecified atom stereocenters. The Hall–Kier alpha value is -1.76. The van der Waals surface area contributed by atoms with Gasteiger partial charge >= 0.3 is 0 Å². The molecule has 2 N–H and O–H groups in total. The molecule has 130 valence electrons. The van der Waals surface area contributed by atoms with E-state index in [0.29, 0.717) is 12.1 Å². The lowest BCUT2D eigenvalue weighted by Crippen LogP contribution is -2.25. The number of halogens is 1. The molecule has 0 spiro atoms. The van der Waals surface area contributed by atoms with Crippen LogP contribution in [0, 0.1) is 12.7 Å². The Balaban J connectivity index is 2.24. The van der Waals surface area contributed by atoms with Crippen LogP contribution >= 0.6 is 0 Å². The standard InChI is InChI=1S/C18H23FN2O2S/c1-13(2)20-11-16-9-17(19)14(3)18(10-16)24(22,23)21-12-15-7-5-4-6-8-15/h4-10,13,20-21H,11-12H2,1-3H3. The highest BCUT2D eigenvalue weighted by molar-refractivity contribution is 7.89. The van der Waals surface area contributed by atoms with Crippen LogP contribution in [0.4, 0.5) is 4.39 Å². The molecule has 2 aromatic carbocycles. The fraction of sp³-hybridized carbons (Fsp3) is 0.333.